The van der Waals surface area contributed by atoms with Gasteiger partial charge in [0.05, 0.1) is 5.56 Å². The lowest BCUT2D eigenvalue weighted by Gasteiger charge is -2.11. The summed E-state index contributed by atoms with van der Waals surface area (Å²) in [6.45, 7) is -0.547. The van der Waals surface area contributed by atoms with Crippen molar-refractivity contribution in [2.75, 3.05) is 5.32 Å². The standard InChI is InChI=1S/C16H11F3N4O3/c17-16(18,19)11-3-6-14(25)23(7-11)8-13(24)21-12-4-1-10(2-5-12)15-22-20-9-26-15/h1-7,9H,8H2,(H,21,24). The fourth-order valence-electron chi connectivity index (χ4n) is 2.17. The van der Waals surface area contributed by atoms with E-state index >= 15 is 0 Å². The van der Waals surface area contributed by atoms with E-state index in [-0.39, 0.29) is 0 Å². The van der Waals surface area contributed by atoms with E-state index in [9.17, 15) is 22.8 Å². The van der Waals surface area contributed by atoms with E-state index in [1.165, 1.54) is 6.39 Å². The zero-order valence-electron chi connectivity index (χ0n) is 13.0. The van der Waals surface area contributed by atoms with Gasteiger partial charge in [0.25, 0.3) is 5.56 Å². The molecule has 0 saturated heterocycles. The number of anilines is 1. The van der Waals surface area contributed by atoms with Crippen molar-refractivity contribution in [1.29, 1.82) is 0 Å². The minimum atomic E-state index is -4.60. The minimum absolute atomic E-state index is 0.304. The van der Waals surface area contributed by atoms with Crippen LogP contribution in [0.1, 0.15) is 5.56 Å². The predicted molar refractivity (Wildman–Crippen MR) is 84.1 cm³/mol. The van der Waals surface area contributed by atoms with Crippen molar-refractivity contribution in [2.45, 2.75) is 12.7 Å². The predicted octanol–water partition coefficient (Wildman–Crippen LogP) is 2.56. The second-order valence-electron chi connectivity index (χ2n) is 5.25. The van der Waals surface area contributed by atoms with Crippen LogP contribution in [0.5, 0.6) is 0 Å². The van der Waals surface area contributed by atoms with E-state index in [0.717, 1.165) is 6.07 Å². The second-order valence-corrected chi connectivity index (χ2v) is 5.25. The lowest BCUT2D eigenvalue weighted by Crippen LogP contribution is -2.28. The molecular formula is C16H11F3N4O3. The average molecular weight is 364 g/mol. The van der Waals surface area contributed by atoms with Gasteiger partial charge in [-0.3, -0.25) is 9.59 Å². The number of benzene rings is 1. The van der Waals surface area contributed by atoms with Crippen LogP contribution in [0.4, 0.5) is 18.9 Å². The van der Waals surface area contributed by atoms with Gasteiger partial charge in [0.2, 0.25) is 18.2 Å². The first-order valence-electron chi connectivity index (χ1n) is 7.27. The molecule has 3 rings (SSSR count). The molecule has 0 atom stereocenters. The molecule has 10 heteroatoms. The highest BCUT2D eigenvalue weighted by molar-refractivity contribution is 5.90. The Bertz CT molecular complexity index is 964. The number of nitrogens with zero attached hydrogens (tertiary/aromatic N) is 3. The minimum Gasteiger partial charge on any atom is -0.423 e. The number of nitrogens with one attached hydrogen (secondary N) is 1. The van der Waals surface area contributed by atoms with Gasteiger partial charge in [0.15, 0.2) is 0 Å². The Morgan fingerprint density at radius 3 is 2.50 bits per heavy atom. The van der Waals surface area contributed by atoms with E-state index in [0.29, 0.717) is 34.0 Å². The van der Waals surface area contributed by atoms with Crippen LogP contribution in [0.2, 0.25) is 0 Å². The Kier molecular flexibility index (Phi) is 4.57. The molecule has 2 heterocycles. The molecule has 26 heavy (non-hydrogen) atoms. The molecule has 7 nitrogen and oxygen atoms in total. The zero-order valence-corrected chi connectivity index (χ0v) is 13.0. The highest BCUT2D eigenvalue weighted by Crippen LogP contribution is 2.28. The van der Waals surface area contributed by atoms with Crippen LogP contribution in [0.25, 0.3) is 11.5 Å². The molecule has 1 amide bonds. The van der Waals surface area contributed by atoms with Crippen molar-refractivity contribution in [2.24, 2.45) is 0 Å². The molecular weight excluding hydrogens is 353 g/mol. The number of alkyl halides is 3. The monoisotopic (exact) mass is 364 g/mol. The summed E-state index contributed by atoms with van der Waals surface area (Å²) in [5.41, 5.74) is -0.679. The summed E-state index contributed by atoms with van der Waals surface area (Å²) in [4.78, 5) is 23.7. The number of aromatic nitrogens is 3. The molecule has 2 aromatic heterocycles. The molecule has 0 radical (unpaired) electrons. The Morgan fingerprint density at radius 2 is 1.88 bits per heavy atom. The third kappa shape index (κ3) is 3.97. The van der Waals surface area contributed by atoms with E-state index in [4.69, 9.17) is 4.42 Å². The van der Waals surface area contributed by atoms with Gasteiger partial charge in [0, 0.05) is 23.5 Å². The normalized spacial score (nSPS) is 11.3. The number of halogens is 3. The van der Waals surface area contributed by atoms with E-state index in [2.05, 4.69) is 15.5 Å². The summed E-state index contributed by atoms with van der Waals surface area (Å²) in [6.07, 6.45) is -2.81. The number of rotatable bonds is 4. The van der Waals surface area contributed by atoms with Gasteiger partial charge in [0.1, 0.15) is 6.54 Å². The molecule has 0 fully saturated rings. The Balaban J connectivity index is 1.70. The van der Waals surface area contributed by atoms with Gasteiger partial charge < -0.3 is 14.3 Å². The van der Waals surface area contributed by atoms with E-state index < -0.39 is 29.8 Å². The van der Waals surface area contributed by atoms with Gasteiger partial charge in [-0.25, -0.2) is 0 Å². The highest BCUT2D eigenvalue weighted by atomic mass is 19.4. The molecule has 1 N–H and O–H groups in total. The maximum absolute atomic E-state index is 12.7. The molecule has 0 aliphatic heterocycles. The van der Waals surface area contributed by atoms with Crippen molar-refractivity contribution in [1.82, 2.24) is 14.8 Å². The largest absolute Gasteiger partial charge is 0.423 e. The highest BCUT2D eigenvalue weighted by Gasteiger charge is 2.31. The first-order chi connectivity index (χ1) is 12.3. The summed E-state index contributed by atoms with van der Waals surface area (Å²) in [5, 5.41) is 9.79. The molecule has 0 spiro atoms. The van der Waals surface area contributed by atoms with Crippen LogP contribution in [0, 0.1) is 0 Å². The maximum Gasteiger partial charge on any atom is 0.417 e. The molecule has 134 valence electrons. The van der Waals surface area contributed by atoms with Crippen molar-refractivity contribution in [3.63, 3.8) is 0 Å². The molecule has 0 saturated carbocycles. The van der Waals surface area contributed by atoms with E-state index in [1.807, 2.05) is 0 Å². The van der Waals surface area contributed by atoms with Crippen molar-refractivity contribution < 1.29 is 22.4 Å². The van der Waals surface area contributed by atoms with Gasteiger partial charge >= 0.3 is 6.18 Å². The van der Waals surface area contributed by atoms with Crippen molar-refractivity contribution in [3.05, 3.63) is 64.9 Å². The van der Waals surface area contributed by atoms with Crippen LogP contribution >= 0.6 is 0 Å². The molecule has 3 aromatic rings. The fraction of sp³-hybridized carbons (Fsp3) is 0.125. The third-order valence-electron chi connectivity index (χ3n) is 3.40. The number of pyridine rings is 1. The molecule has 0 aliphatic rings. The Hall–Kier alpha value is -3.43. The third-order valence-corrected chi connectivity index (χ3v) is 3.40. The van der Waals surface area contributed by atoms with Crippen molar-refractivity contribution >= 4 is 11.6 Å². The van der Waals surface area contributed by atoms with Gasteiger partial charge in [-0.1, -0.05) is 0 Å². The lowest BCUT2D eigenvalue weighted by atomic mass is 10.2. The van der Waals surface area contributed by atoms with Crippen LogP contribution in [-0.2, 0) is 17.5 Å². The number of carbonyl (C=O) groups is 1. The first-order valence-corrected chi connectivity index (χ1v) is 7.27. The molecule has 0 unspecified atom stereocenters. The maximum atomic E-state index is 12.7. The van der Waals surface area contributed by atoms with Crippen LogP contribution in [0.15, 0.2) is 58.2 Å². The molecule has 0 bridgehead atoms. The second kappa shape index (κ2) is 6.82. The first kappa shape index (κ1) is 17.4. The van der Waals surface area contributed by atoms with Crippen LogP contribution in [0.3, 0.4) is 0 Å². The molecule has 0 aliphatic carbocycles. The Morgan fingerprint density at radius 1 is 1.15 bits per heavy atom. The van der Waals surface area contributed by atoms with Gasteiger partial charge in [-0.15, -0.1) is 10.2 Å². The molecule has 1 aromatic carbocycles. The SMILES string of the molecule is O=C(Cn1cc(C(F)(F)F)ccc1=O)Nc1ccc(-c2nnco2)cc1. The number of hydrogen-bond acceptors (Lipinski definition) is 5. The van der Waals surface area contributed by atoms with Crippen LogP contribution < -0.4 is 10.9 Å². The average Bonchev–Trinajstić information content (AvgIpc) is 3.11. The zero-order chi connectivity index (χ0) is 18.7. The quantitative estimate of drug-likeness (QED) is 0.768. The smallest absolute Gasteiger partial charge is 0.417 e. The summed E-state index contributed by atoms with van der Waals surface area (Å²) in [6, 6.07) is 7.82. The van der Waals surface area contributed by atoms with Gasteiger partial charge in [-0.05, 0) is 30.3 Å². The number of carbonyl (C=O) groups excluding carboxylic acids is 1. The summed E-state index contributed by atoms with van der Waals surface area (Å²) >= 11 is 0. The topological polar surface area (TPSA) is 90.0 Å². The summed E-state index contributed by atoms with van der Waals surface area (Å²) in [7, 11) is 0. The fourth-order valence-corrected chi connectivity index (χ4v) is 2.17. The van der Waals surface area contributed by atoms with Crippen LogP contribution in [-0.4, -0.2) is 20.7 Å². The lowest BCUT2D eigenvalue weighted by molar-refractivity contribution is -0.138. The number of amides is 1. The van der Waals surface area contributed by atoms with Gasteiger partial charge in [-0.2, -0.15) is 13.2 Å². The summed E-state index contributed by atoms with van der Waals surface area (Å²) < 4.78 is 43.8. The van der Waals surface area contributed by atoms with E-state index in [1.54, 1.807) is 24.3 Å². The Labute approximate surface area is 144 Å². The number of hydrogen-bond donors (Lipinski definition) is 1. The van der Waals surface area contributed by atoms with Crippen molar-refractivity contribution in [3.8, 4) is 11.5 Å². The summed E-state index contributed by atoms with van der Waals surface area (Å²) in [5.74, 6) is -0.338.